The number of thioether (sulfide) groups is 1. The van der Waals surface area contributed by atoms with Crippen molar-refractivity contribution in [3.63, 3.8) is 0 Å². The summed E-state index contributed by atoms with van der Waals surface area (Å²) in [4.78, 5) is 22.0. The second kappa shape index (κ2) is 8.31. The van der Waals surface area contributed by atoms with Gasteiger partial charge in [0, 0.05) is 50.0 Å². The third-order valence-electron chi connectivity index (χ3n) is 4.26. The Balaban J connectivity index is 1.42. The summed E-state index contributed by atoms with van der Waals surface area (Å²) in [7, 11) is 0. The number of rotatable bonds is 5. The van der Waals surface area contributed by atoms with Crippen molar-refractivity contribution in [3.8, 4) is 0 Å². The molecule has 126 valence electrons. The number of nitrogens with zero attached hydrogens (tertiary/aromatic N) is 3. The molecule has 0 unspecified atom stereocenters. The molecule has 0 bridgehead atoms. The fourth-order valence-electron chi connectivity index (χ4n) is 2.77. The monoisotopic (exact) mass is 341 g/mol. The molecule has 2 heterocycles. The third kappa shape index (κ3) is 4.82. The predicted molar refractivity (Wildman–Crippen MR) is 98.0 cm³/mol. The summed E-state index contributed by atoms with van der Waals surface area (Å²) in [6, 6.07) is 12.4. The standard InChI is InChI=1S/C19H23N3OS/c1-16-2-4-18(5-3-16)24-15-19(23)22-12-10-21(11-13-22)14-17-6-8-20-9-7-17/h2-9H,10-15H2,1H3. The second-order valence-electron chi connectivity index (χ2n) is 6.11. The van der Waals surface area contributed by atoms with Gasteiger partial charge in [-0.25, -0.2) is 0 Å². The Morgan fingerprint density at radius 3 is 2.38 bits per heavy atom. The number of piperazine rings is 1. The van der Waals surface area contributed by atoms with Crippen LogP contribution in [0.1, 0.15) is 11.1 Å². The van der Waals surface area contributed by atoms with Crippen LogP contribution in [-0.4, -0.2) is 52.6 Å². The number of carbonyl (C=O) groups excluding carboxylic acids is 1. The molecule has 1 aromatic carbocycles. The minimum absolute atomic E-state index is 0.240. The van der Waals surface area contributed by atoms with Crippen molar-refractivity contribution in [3.05, 3.63) is 59.9 Å². The van der Waals surface area contributed by atoms with E-state index in [4.69, 9.17) is 0 Å². The maximum Gasteiger partial charge on any atom is 0.233 e. The molecule has 0 atom stereocenters. The normalized spacial score (nSPS) is 15.5. The van der Waals surface area contributed by atoms with Gasteiger partial charge in [0.1, 0.15) is 0 Å². The Bertz CT molecular complexity index is 652. The first-order valence-electron chi connectivity index (χ1n) is 8.29. The van der Waals surface area contributed by atoms with Gasteiger partial charge in [-0.15, -0.1) is 11.8 Å². The number of aryl methyl sites for hydroxylation is 1. The van der Waals surface area contributed by atoms with Gasteiger partial charge in [0.15, 0.2) is 0 Å². The van der Waals surface area contributed by atoms with Crippen molar-refractivity contribution in [1.82, 2.24) is 14.8 Å². The predicted octanol–water partition coefficient (Wildman–Crippen LogP) is 2.83. The van der Waals surface area contributed by atoms with E-state index < -0.39 is 0 Å². The van der Waals surface area contributed by atoms with Crippen molar-refractivity contribution >= 4 is 17.7 Å². The molecule has 0 spiro atoms. The van der Waals surface area contributed by atoms with E-state index in [1.807, 2.05) is 17.3 Å². The zero-order valence-corrected chi connectivity index (χ0v) is 14.8. The Kier molecular flexibility index (Phi) is 5.88. The molecule has 0 radical (unpaired) electrons. The lowest BCUT2D eigenvalue weighted by Gasteiger charge is -2.34. The van der Waals surface area contributed by atoms with Crippen LogP contribution < -0.4 is 0 Å². The molecule has 1 saturated heterocycles. The first kappa shape index (κ1) is 17.0. The first-order valence-corrected chi connectivity index (χ1v) is 9.28. The van der Waals surface area contributed by atoms with Crippen LogP contribution >= 0.6 is 11.8 Å². The van der Waals surface area contributed by atoms with E-state index in [1.165, 1.54) is 11.1 Å². The highest BCUT2D eigenvalue weighted by atomic mass is 32.2. The van der Waals surface area contributed by atoms with E-state index in [-0.39, 0.29) is 5.91 Å². The van der Waals surface area contributed by atoms with E-state index in [2.05, 4.69) is 53.2 Å². The average molecular weight is 341 g/mol. The molecule has 1 amide bonds. The molecule has 4 nitrogen and oxygen atoms in total. The molecular formula is C19H23N3OS. The number of pyridine rings is 1. The van der Waals surface area contributed by atoms with E-state index >= 15 is 0 Å². The smallest absolute Gasteiger partial charge is 0.233 e. The fourth-order valence-corrected chi connectivity index (χ4v) is 3.57. The largest absolute Gasteiger partial charge is 0.339 e. The molecule has 2 aromatic rings. The molecule has 1 fully saturated rings. The molecule has 0 saturated carbocycles. The first-order chi connectivity index (χ1) is 11.7. The van der Waals surface area contributed by atoms with Gasteiger partial charge in [0.2, 0.25) is 5.91 Å². The second-order valence-corrected chi connectivity index (χ2v) is 7.16. The van der Waals surface area contributed by atoms with Crippen molar-refractivity contribution in [2.45, 2.75) is 18.4 Å². The molecule has 3 rings (SSSR count). The Morgan fingerprint density at radius 1 is 1.04 bits per heavy atom. The molecule has 5 heteroatoms. The maximum absolute atomic E-state index is 12.4. The van der Waals surface area contributed by atoms with Gasteiger partial charge in [-0.05, 0) is 36.8 Å². The van der Waals surface area contributed by atoms with Crippen LogP contribution in [0.15, 0.2) is 53.7 Å². The van der Waals surface area contributed by atoms with Crippen LogP contribution in [0, 0.1) is 6.92 Å². The van der Waals surface area contributed by atoms with E-state index in [1.54, 1.807) is 11.8 Å². The van der Waals surface area contributed by atoms with Crippen LogP contribution in [0.25, 0.3) is 0 Å². The molecule has 0 N–H and O–H groups in total. The lowest BCUT2D eigenvalue weighted by molar-refractivity contribution is -0.130. The van der Waals surface area contributed by atoms with Crippen LogP contribution in [0.4, 0.5) is 0 Å². The minimum atomic E-state index is 0.240. The number of hydrogen-bond donors (Lipinski definition) is 0. The van der Waals surface area contributed by atoms with Crippen molar-refractivity contribution in [2.75, 3.05) is 31.9 Å². The Hall–Kier alpha value is -1.85. The van der Waals surface area contributed by atoms with Gasteiger partial charge in [0.05, 0.1) is 5.75 Å². The molecule has 24 heavy (non-hydrogen) atoms. The molecule has 1 aliphatic rings. The zero-order valence-electron chi connectivity index (χ0n) is 14.0. The van der Waals surface area contributed by atoms with Gasteiger partial charge in [-0.3, -0.25) is 14.7 Å². The lowest BCUT2D eigenvalue weighted by Crippen LogP contribution is -2.48. The minimum Gasteiger partial charge on any atom is -0.339 e. The SMILES string of the molecule is Cc1ccc(SCC(=O)N2CCN(Cc3ccncc3)CC2)cc1. The number of aromatic nitrogens is 1. The van der Waals surface area contributed by atoms with E-state index in [0.29, 0.717) is 5.75 Å². The maximum atomic E-state index is 12.4. The molecule has 1 aliphatic heterocycles. The lowest BCUT2D eigenvalue weighted by atomic mass is 10.2. The summed E-state index contributed by atoms with van der Waals surface area (Å²) >= 11 is 1.62. The average Bonchev–Trinajstić information content (AvgIpc) is 2.62. The van der Waals surface area contributed by atoms with Gasteiger partial charge < -0.3 is 4.90 Å². The summed E-state index contributed by atoms with van der Waals surface area (Å²) in [6.45, 7) is 6.51. The topological polar surface area (TPSA) is 36.4 Å². The highest BCUT2D eigenvalue weighted by Crippen LogP contribution is 2.19. The number of hydrogen-bond acceptors (Lipinski definition) is 4. The summed E-state index contributed by atoms with van der Waals surface area (Å²) < 4.78 is 0. The molecule has 1 aromatic heterocycles. The van der Waals surface area contributed by atoms with Gasteiger partial charge in [0.25, 0.3) is 0 Å². The summed E-state index contributed by atoms with van der Waals surface area (Å²) in [6.07, 6.45) is 3.66. The van der Waals surface area contributed by atoms with Crippen molar-refractivity contribution in [2.24, 2.45) is 0 Å². The van der Waals surface area contributed by atoms with Gasteiger partial charge in [-0.1, -0.05) is 17.7 Å². The highest BCUT2D eigenvalue weighted by Gasteiger charge is 2.21. The van der Waals surface area contributed by atoms with Crippen molar-refractivity contribution in [1.29, 1.82) is 0 Å². The summed E-state index contributed by atoms with van der Waals surface area (Å²) in [5.41, 5.74) is 2.52. The number of carbonyl (C=O) groups is 1. The van der Waals surface area contributed by atoms with Crippen LogP contribution in [0.3, 0.4) is 0 Å². The van der Waals surface area contributed by atoms with E-state index in [0.717, 1.165) is 37.6 Å². The summed E-state index contributed by atoms with van der Waals surface area (Å²) in [5.74, 6) is 0.761. The van der Waals surface area contributed by atoms with E-state index in [9.17, 15) is 4.79 Å². The fraction of sp³-hybridized carbons (Fsp3) is 0.368. The van der Waals surface area contributed by atoms with Crippen LogP contribution in [0.5, 0.6) is 0 Å². The third-order valence-corrected chi connectivity index (χ3v) is 5.26. The summed E-state index contributed by atoms with van der Waals surface area (Å²) in [5, 5.41) is 0. The Morgan fingerprint density at radius 2 is 1.71 bits per heavy atom. The Labute approximate surface area is 147 Å². The van der Waals surface area contributed by atoms with Crippen LogP contribution in [0.2, 0.25) is 0 Å². The van der Waals surface area contributed by atoms with Gasteiger partial charge in [-0.2, -0.15) is 0 Å². The highest BCUT2D eigenvalue weighted by molar-refractivity contribution is 8.00. The van der Waals surface area contributed by atoms with Gasteiger partial charge >= 0.3 is 0 Å². The molecular weight excluding hydrogens is 318 g/mol. The molecule has 0 aliphatic carbocycles. The van der Waals surface area contributed by atoms with Crippen molar-refractivity contribution < 1.29 is 4.79 Å². The number of benzene rings is 1. The van der Waals surface area contributed by atoms with Crippen LogP contribution in [-0.2, 0) is 11.3 Å². The number of amides is 1. The quantitative estimate of drug-likeness (QED) is 0.784. The zero-order chi connectivity index (χ0) is 16.8.